The molecule has 2 aliphatic rings. The van der Waals surface area contributed by atoms with E-state index in [9.17, 15) is 14.4 Å². The van der Waals surface area contributed by atoms with E-state index >= 15 is 0 Å². The third kappa shape index (κ3) is 4.95. The van der Waals surface area contributed by atoms with Gasteiger partial charge in [-0.3, -0.25) is 19.3 Å². The number of hydrogen-bond acceptors (Lipinski definition) is 5. The van der Waals surface area contributed by atoms with Crippen molar-refractivity contribution in [2.24, 2.45) is 0 Å². The number of hydrogen-bond donors (Lipinski definition) is 1. The molecule has 0 saturated carbocycles. The van der Waals surface area contributed by atoms with Gasteiger partial charge in [-0.15, -0.1) is 0 Å². The van der Waals surface area contributed by atoms with Gasteiger partial charge in [0.15, 0.2) is 0 Å². The van der Waals surface area contributed by atoms with Crippen molar-refractivity contribution in [3.05, 3.63) is 65.2 Å². The van der Waals surface area contributed by atoms with Gasteiger partial charge in [-0.25, -0.2) is 0 Å². The second kappa shape index (κ2) is 10.7. The molecular formula is C28H35N3O5. The number of rotatable bonds is 6. The number of aryl methyl sites for hydroxylation is 1. The van der Waals surface area contributed by atoms with Gasteiger partial charge >= 0.3 is 0 Å². The summed E-state index contributed by atoms with van der Waals surface area (Å²) in [6.45, 7) is 6.84. The van der Waals surface area contributed by atoms with Gasteiger partial charge in [-0.2, -0.15) is 0 Å². The number of carbonyl (C=O) groups is 3. The molecule has 8 heteroatoms. The Bertz CT molecular complexity index is 1110. The molecule has 0 radical (unpaired) electrons. The number of nitrogens with one attached hydrogen (secondary N) is 1. The summed E-state index contributed by atoms with van der Waals surface area (Å²) in [4.78, 5) is 43.6. The Labute approximate surface area is 212 Å². The Hall–Kier alpha value is -3.39. The minimum Gasteiger partial charge on any atom is -0.497 e. The zero-order valence-corrected chi connectivity index (χ0v) is 21.5. The Kier molecular flexibility index (Phi) is 7.64. The molecule has 2 unspecified atom stereocenters. The van der Waals surface area contributed by atoms with Gasteiger partial charge in [0.1, 0.15) is 17.5 Å². The lowest BCUT2D eigenvalue weighted by molar-refractivity contribution is -0.128. The Morgan fingerprint density at radius 1 is 1.08 bits per heavy atom. The lowest BCUT2D eigenvalue weighted by Crippen LogP contribution is -2.60. The molecule has 2 fully saturated rings. The maximum Gasteiger partial charge on any atom is 0.256 e. The number of nitrogens with zero attached hydrogens (tertiary/aromatic N) is 2. The van der Waals surface area contributed by atoms with Crippen LogP contribution in [-0.2, 0) is 9.53 Å². The van der Waals surface area contributed by atoms with E-state index in [0.717, 1.165) is 12.0 Å². The molecule has 2 saturated heterocycles. The van der Waals surface area contributed by atoms with Crippen LogP contribution in [-0.4, -0.2) is 72.1 Å². The molecule has 1 spiro atoms. The fourth-order valence-corrected chi connectivity index (χ4v) is 4.92. The van der Waals surface area contributed by atoms with Crippen LogP contribution in [0.3, 0.4) is 0 Å². The Balaban J connectivity index is 1.58. The average Bonchev–Trinajstić information content (AvgIpc) is 3.27. The smallest absolute Gasteiger partial charge is 0.256 e. The van der Waals surface area contributed by atoms with Crippen LogP contribution in [0.15, 0.2) is 48.5 Å². The molecule has 8 nitrogen and oxygen atoms in total. The molecule has 36 heavy (non-hydrogen) atoms. The van der Waals surface area contributed by atoms with E-state index in [2.05, 4.69) is 5.32 Å². The number of piperidine rings is 1. The van der Waals surface area contributed by atoms with Crippen LogP contribution in [0.5, 0.6) is 5.75 Å². The summed E-state index contributed by atoms with van der Waals surface area (Å²) in [5.41, 5.74) is 1.12. The molecule has 2 aromatic carbocycles. The van der Waals surface area contributed by atoms with Crippen LogP contribution in [0, 0.1) is 6.92 Å². The number of ether oxygens (including phenoxy) is 2. The number of likely N-dealkylation sites (tertiary alicyclic amines) is 1. The van der Waals surface area contributed by atoms with Gasteiger partial charge in [0, 0.05) is 43.1 Å². The summed E-state index contributed by atoms with van der Waals surface area (Å²) in [6, 6.07) is 13.6. The van der Waals surface area contributed by atoms with E-state index in [1.165, 1.54) is 0 Å². The van der Waals surface area contributed by atoms with E-state index in [1.54, 1.807) is 41.2 Å². The molecule has 2 atom stereocenters. The normalized spacial score (nSPS) is 19.7. The third-order valence-electron chi connectivity index (χ3n) is 7.33. The standard InChI is InChI=1S/C28H35N3O5/c1-5-20(3)29-25(32)24-18-36-28(31(24)26(33)21-10-12-22(35-4)13-11-21)14-16-30(17-15-28)27(34)23-9-7-6-8-19(23)2/h6-13,20,24H,5,14-18H2,1-4H3,(H,29,32). The molecule has 192 valence electrons. The first-order valence-corrected chi connectivity index (χ1v) is 12.6. The molecule has 2 aliphatic heterocycles. The molecule has 0 aliphatic carbocycles. The van der Waals surface area contributed by atoms with Crippen molar-refractivity contribution in [3.8, 4) is 5.75 Å². The summed E-state index contributed by atoms with van der Waals surface area (Å²) >= 11 is 0. The van der Waals surface area contributed by atoms with Crippen molar-refractivity contribution in [1.82, 2.24) is 15.1 Å². The summed E-state index contributed by atoms with van der Waals surface area (Å²) < 4.78 is 11.5. The van der Waals surface area contributed by atoms with Gasteiger partial charge in [0.2, 0.25) is 5.91 Å². The van der Waals surface area contributed by atoms with Crippen LogP contribution in [0.2, 0.25) is 0 Å². The highest BCUT2D eigenvalue weighted by atomic mass is 16.5. The minimum absolute atomic E-state index is 0.0134. The maximum absolute atomic E-state index is 13.8. The molecular weight excluding hydrogens is 458 g/mol. The van der Waals surface area contributed by atoms with Gasteiger partial charge < -0.3 is 19.7 Å². The number of methoxy groups -OCH3 is 1. The molecule has 2 aromatic rings. The second-order valence-corrected chi connectivity index (χ2v) is 9.60. The zero-order chi connectivity index (χ0) is 25.9. The largest absolute Gasteiger partial charge is 0.497 e. The summed E-state index contributed by atoms with van der Waals surface area (Å²) in [7, 11) is 1.57. The van der Waals surface area contributed by atoms with Gasteiger partial charge in [0.05, 0.1) is 13.7 Å². The molecule has 1 N–H and O–H groups in total. The van der Waals surface area contributed by atoms with Crippen LogP contribution in [0.4, 0.5) is 0 Å². The maximum atomic E-state index is 13.8. The number of carbonyl (C=O) groups excluding carboxylic acids is 3. The van der Waals surface area contributed by atoms with Gasteiger partial charge in [0.25, 0.3) is 11.8 Å². The highest BCUT2D eigenvalue weighted by Crippen LogP contribution is 2.39. The van der Waals surface area contributed by atoms with E-state index in [0.29, 0.717) is 42.8 Å². The van der Waals surface area contributed by atoms with E-state index in [-0.39, 0.29) is 30.4 Å². The molecule has 4 rings (SSSR count). The van der Waals surface area contributed by atoms with Crippen LogP contribution >= 0.6 is 0 Å². The average molecular weight is 494 g/mol. The highest BCUT2D eigenvalue weighted by Gasteiger charge is 2.54. The number of benzene rings is 2. The highest BCUT2D eigenvalue weighted by molar-refractivity contribution is 5.99. The Morgan fingerprint density at radius 3 is 2.36 bits per heavy atom. The molecule has 2 heterocycles. The van der Waals surface area contributed by atoms with Gasteiger partial charge in [-0.1, -0.05) is 25.1 Å². The fraction of sp³-hybridized carbons (Fsp3) is 0.464. The molecule has 3 amide bonds. The van der Waals surface area contributed by atoms with Crippen molar-refractivity contribution >= 4 is 17.7 Å². The first-order valence-electron chi connectivity index (χ1n) is 12.6. The van der Waals surface area contributed by atoms with Gasteiger partial charge in [-0.05, 0) is 56.2 Å². The lowest BCUT2D eigenvalue weighted by Gasteiger charge is -2.44. The van der Waals surface area contributed by atoms with Crippen LogP contribution in [0.1, 0.15) is 59.4 Å². The van der Waals surface area contributed by atoms with Crippen molar-refractivity contribution in [2.75, 3.05) is 26.8 Å². The van der Waals surface area contributed by atoms with Crippen LogP contribution in [0.25, 0.3) is 0 Å². The molecule has 0 bridgehead atoms. The summed E-state index contributed by atoms with van der Waals surface area (Å²) in [6.07, 6.45) is 1.64. The van der Waals surface area contributed by atoms with Crippen molar-refractivity contribution in [2.45, 2.75) is 57.8 Å². The molecule has 0 aromatic heterocycles. The summed E-state index contributed by atoms with van der Waals surface area (Å²) in [5.74, 6) is 0.132. The summed E-state index contributed by atoms with van der Waals surface area (Å²) in [5, 5.41) is 3.01. The fourth-order valence-electron chi connectivity index (χ4n) is 4.92. The van der Waals surface area contributed by atoms with Crippen molar-refractivity contribution in [1.29, 1.82) is 0 Å². The monoisotopic (exact) mass is 493 g/mol. The van der Waals surface area contributed by atoms with E-state index < -0.39 is 11.8 Å². The minimum atomic E-state index is -0.947. The zero-order valence-electron chi connectivity index (χ0n) is 21.5. The first kappa shape index (κ1) is 25.7. The second-order valence-electron chi connectivity index (χ2n) is 9.60. The predicted molar refractivity (Wildman–Crippen MR) is 136 cm³/mol. The number of amides is 3. The first-order chi connectivity index (χ1) is 17.3. The third-order valence-corrected chi connectivity index (χ3v) is 7.33. The predicted octanol–water partition coefficient (Wildman–Crippen LogP) is 3.39. The SMILES string of the molecule is CCC(C)NC(=O)C1COC2(CCN(C(=O)c3ccccc3C)CC2)N1C(=O)c1ccc(OC)cc1. The topological polar surface area (TPSA) is 88.2 Å². The quantitative estimate of drug-likeness (QED) is 0.667. The lowest BCUT2D eigenvalue weighted by atomic mass is 9.95. The Morgan fingerprint density at radius 2 is 1.75 bits per heavy atom. The van der Waals surface area contributed by atoms with Crippen molar-refractivity contribution in [3.63, 3.8) is 0 Å². The van der Waals surface area contributed by atoms with E-state index in [1.807, 2.05) is 45.0 Å². The van der Waals surface area contributed by atoms with Crippen molar-refractivity contribution < 1.29 is 23.9 Å². The van der Waals surface area contributed by atoms with Crippen LogP contribution < -0.4 is 10.1 Å². The van der Waals surface area contributed by atoms with E-state index in [4.69, 9.17) is 9.47 Å².